The van der Waals surface area contributed by atoms with Crippen molar-refractivity contribution in [2.24, 2.45) is 29.6 Å². The smallest absolute Gasteiger partial charge is 0.154 e. The SMILES string of the molecule is Cc1ccccc1CS(=O)(=O)CC1C2CC3CC(C2)CC1C3. The molecule has 3 heteroatoms. The van der Waals surface area contributed by atoms with Crippen molar-refractivity contribution in [1.29, 1.82) is 0 Å². The fourth-order valence-corrected chi connectivity index (χ4v) is 7.72. The molecule has 0 aromatic heterocycles. The number of hydrogen-bond donors (Lipinski definition) is 0. The number of hydrogen-bond acceptors (Lipinski definition) is 2. The van der Waals surface area contributed by atoms with E-state index in [-0.39, 0.29) is 5.75 Å². The molecule has 22 heavy (non-hydrogen) atoms. The first kappa shape index (κ1) is 14.7. The van der Waals surface area contributed by atoms with Crippen LogP contribution in [0.25, 0.3) is 0 Å². The maximum atomic E-state index is 12.7. The van der Waals surface area contributed by atoms with Crippen LogP contribution in [0.5, 0.6) is 0 Å². The monoisotopic (exact) mass is 318 g/mol. The van der Waals surface area contributed by atoms with E-state index in [0.29, 0.717) is 23.5 Å². The van der Waals surface area contributed by atoms with E-state index in [4.69, 9.17) is 0 Å². The maximum Gasteiger partial charge on any atom is 0.154 e. The lowest BCUT2D eigenvalue weighted by Gasteiger charge is -2.54. The van der Waals surface area contributed by atoms with Gasteiger partial charge in [0, 0.05) is 0 Å². The topological polar surface area (TPSA) is 34.1 Å². The first-order valence-corrected chi connectivity index (χ1v) is 10.6. The van der Waals surface area contributed by atoms with Gasteiger partial charge < -0.3 is 0 Å². The third-order valence-corrected chi connectivity index (χ3v) is 8.15. The highest BCUT2D eigenvalue weighted by Gasteiger charge is 2.49. The highest BCUT2D eigenvalue weighted by atomic mass is 32.2. The summed E-state index contributed by atoms with van der Waals surface area (Å²) in [7, 11) is -3.00. The molecule has 0 aliphatic heterocycles. The predicted molar refractivity (Wildman–Crippen MR) is 89.2 cm³/mol. The molecular formula is C19H26O2S. The zero-order valence-electron chi connectivity index (χ0n) is 13.4. The van der Waals surface area contributed by atoms with Gasteiger partial charge in [-0.05, 0) is 79.7 Å². The summed E-state index contributed by atoms with van der Waals surface area (Å²) in [5.74, 6) is 4.32. The van der Waals surface area contributed by atoms with Gasteiger partial charge >= 0.3 is 0 Å². The van der Waals surface area contributed by atoms with Crippen molar-refractivity contribution < 1.29 is 8.42 Å². The van der Waals surface area contributed by atoms with Gasteiger partial charge in [0.15, 0.2) is 9.84 Å². The first-order chi connectivity index (χ1) is 10.5. The Bertz CT molecular complexity index is 634. The molecule has 4 bridgehead atoms. The zero-order valence-corrected chi connectivity index (χ0v) is 14.2. The Morgan fingerprint density at radius 1 is 0.955 bits per heavy atom. The van der Waals surface area contributed by atoms with E-state index >= 15 is 0 Å². The molecule has 0 spiro atoms. The van der Waals surface area contributed by atoms with Crippen LogP contribution < -0.4 is 0 Å². The fourth-order valence-electron chi connectivity index (χ4n) is 5.67. The molecule has 1 aromatic carbocycles. The van der Waals surface area contributed by atoms with Gasteiger partial charge in [-0.2, -0.15) is 0 Å². The molecule has 0 unspecified atom stereocenters. The average Bonchev–Trinajstić information content (AvgIpc) is 2.44. The van der Waals surface area contributed by atoms with Crippen LogP contribution in [0.4, 0.5) is 0 Å². The highest BCUT2D eigenvalue weighted by molar-refractivity contribution is 7.90. The summed E-state index contributed by atoms with van der Waals surface area (Å²) in [6, 6.07) is 7.89. The number of aryl methyl sites for hydroxylation is 1. The summed E-state index contributed by atoms with van der Waals surface area (Å²) in [6.45, 7) is 2.01. The van der Waals surface area contributed by atoms with E-state index in [1.54, 1.807) is 0 Å². The second-order valence-corrected chi connectivity index (χ2v) is 10.2. The number of rotatable bonds is 4. The molecule has 4 fully saturated rings. The predicted octanol–water partition coefficient (Wildman–Crippen LogP) is 3.98. The molecule has 5 rings (SSSR count). The largest absolute Gasteiger partial charge is 0.228 e. The highest BCUT2D eigenvalue weighted by Crippen LogP contribution is 2.56. The maximum absolute atomic E-state index is 12.7. The third-order valence-electron chi connectivity index (χ3n) is 6.51. The zero-order chi connectivity index (χ0) is 15.3. The van der Waals surface area contributed by atoms with Crippen LogP contribution in [0, 0.1) is 36.5 Å². The Labute approximate surface area is 134 Å². The lowest BCUT2D eigenvalue weighted by molar-refractivity contribution is -0.0268. The molecule has 4 saturated carbocycles. The minimum Gasteiger partial charge on any atom is -0.228 e. The Kier molecular flexibility index (Phi) is 3.60. The molecule has 4 aliphatic rings. The van der Waals surface area contributed by atoms with Gasteiger partial charge in [-0.15, -0.1) is 0 Å². The van der Waals surface area contributed by atoms with E-state index in [2.05, 4.69) is 0 Å². The third kappa shape index (κ3) is 2.73. The van der Waals surface area contributed by atoms with E-state index in [1.165, 1.54) is 32.1 Å². The molecule has 2 nitrogen and oxygen atoms in total. The van der Waals surface area contributed by atoms with Crippen LogP contribution in [-0.4, -0.2) is 14.2 Å². The quantitative estimate of drug-likeness (QED) is 0.841. The molecule has 0 heterocycles. The first-order valence-electron chi connectivity index (χ1n) is 8.75. The summed E-state index contributed by atoms with van der Waals surface area (Å²) in [5, 5.41) is 0. The molecule has 0 N–H and O–H groups in total. The fraction of sp³-hybridized carbons (Fsp3) is 0.684. The Hall–Kier alpha value is -0.830. The minimum atomic E-state index is -3.00. The van der Waals surface area contributed by atoms with Crippen LogP contribution in [0.1, 0.15) is 43.2 Å². The normalized spacial score (nSPS) is 36.7. The average molecular weight is 318 g/mol. The van der Waals surface area contributed by atoms with Crippen LogP contribution in [0.2, 0.25) is 0 Å². The second-order valence-electron chi connectivity index (χ2n) is 8.08. The lowest BCUT2D eigenvalue weighted by atomic mass is 9.52. The molecule has 0 saturated heterocycles. The van der Waals surface area contributed by atoms with Crippen molar-refractivity contribution in [3.8, 4) is 0 Å². The minimum absolute atomic E-state index is 0.225. The molecule has 120 valence electrons. The lowest BCUT2D eigenvalue weighted by Crippen LogP contribution is -2.47. The summed E-state index contributed by atoms with van der Waals surface area (Å²) in [5.41, 5.74) is 2.07. The Morgan fingerprint density at radius 2 is 1.55 bits per heavy atom. The van der Waals surface area contributed by atoms with Crippen molar-refractivity contribution in [3.63, 3.8) is 0 Å². The van der Waals surface area contributed by atoms with Gasteiger partial charge in [0.25, 0.3) is 0 Å². The summed E-state index contributed by atoms with van der Waals surface area (Å²) < 4.78 is 25.5. The van der Waals surface area contributed by atoms with Crippen molar-refractivity contribution >= 4 is 9.84 Å². The van der Waals surface area contributed by atoms with Gasteiger partial charge in [-0.1, -0.05) is 24.3 Å². The van der Waals surface area contributed by atoms with Gasteiger partial charge in [-0.25, -0.2) is 8.42 Å². The molecule has 4 aliphatic carbocycles. The van der Waals surface area contributed by atoms with Crippen LogP contribution in [0.3, 0.4) is 0 Å². The van der Waals surface area contributed by atoms with Crippen molar-refractivity contribution in [2.45, 2.75) is 44.8 Å². The van der Waals surface area contributed by atoms with E-state index < -0.39 is 9.84 Å². The van der Waals surface area contributed by atoms with Crippen molar-refractivity contribution in [3.05, 3.63) is 35.4 Å². The molecule has 0 amide bonds. The number of sulfone groups is 1. The van der Waals surface area contributed by atoms with E-state index in [0.717, 1.165) is 23.0 Å². The van der Waals surface area contributed by atoms with Gasteiger partial charge in [0.05, 0.1) is 11.5 Å². The van der Waals surface area contributed by atoms with E-state index in [9.17, 15) is 8.42 Å². The molecule has 0 atom stereocenters. The van der Waals surface area contributed by atoms with Gasteiger partial charge in [-0.3, -0.25) is 0 Å². The Balaban J connectivity index is 1.49. The van der Waals surface area contributed by atoms with Crippen molar-refractivity contribution in [2.75, 3.05) is 5.75 Å². The second kappa shape index (κ2) is 5.36. The number of benzene rings is 1. The van der Waals surface area contributed by atoms with Crippen LogP contribution >= 0.6 is 0 Å². The molecular weight excluding hydrogens is 292 g/mol. The van der Waals surface area contributed by atoms with Gasteiger partial charge in [0.1, 0.15) is 0 Å². The molecule has 0 radical (unpaired) electrons. The van der Waals surface area contributed by atoms with Crippen LogP contribution in [-0.2, 0) is 15.6 Å². The summed E-state index contributed by atoms with van der Waals surface area (Å²) in [6.07, 6.45) is 6.64. The Morgan fingerprint density at radius 3 is 2.14 bits per heavy atom. The van der Waals surface area contributed by atoms with Crippen LogP contribution in [0.15, 0.2) is 24.3 Å². The summed E-state index contributed by atoms with van der Waals surface area (Å²) >= 11 is 0. The molecule has 1 aromatic rings. The van der Waals surface area contributed by atoms with Gasteiger partial charge in [0.2, 0.25) is 0 Å². The standard InChI is InChI=1S/C19H26O2S/c1-13-4-2-3-5-16(13)11-22(20,21)12-19-17-7-14-6-15(9-17)10-18(19)8-14/h2-5,14-15,17-19H,6-12H2,1H3. The van der Waals surface area contributed by atoms with Crippen molar-refractivity contribution in [1.82, 2.24) is 0 Å². The van der Waals surface area contributed by atoms with E-state index in [1.807, 2.05) is 31.2 Å². The summed E-state index contributed by atoms with van der Waals surface area (Å²) in [4.78, 5) is 0.